The second-order valence-electron chi connectivity index (χ2n) is 5.63. The van der Waals surface area contributed by atoms with Gasteiger partial charge >= 0.3 is 0 Å². The molecule has 0 saturated heterocycles. The molecule has 1 aromatic carbocycles. The summed E-state index contributed by atoms with van der Waals surface area (Å²) in [7, 11) is 0. The third kappa shape index (κ3) is 1.58. The first kappa shape index (κ1) is 10.8. The van der Waals surface area contributed by atoms with Crippen molar-refractivity contribution in [2.24, 2.45) is 11.8 Å². The van der Waals surface area contributed by atoms with Gasteiger partial charge in [0.05, 0.1) is 12.0 Å². The fourth-order valence-electron chi connectivity index (χ4n) is 3.59. The van der Waals surface area contributed by atoms with Gasteiger partial charge in [0.15, 0.2) is 0 Å². The fraction of sp³-hybridized carbons (Fsp3) is 0.294. The zero-order chi connectivity index (χ0) is 12.8. The molecule has 0 unspecified atom stereocenters. The standard InChI is InChI=1S/C17H14N2/c18-9-15-7-14-6-13(15)8-17(14)12-2-1-11-3-4-19-10-16(11)5-12/h1-5,10,13,15H,6-8H2/t13-,15-/m0/s1. The topological polar surface area (TPSA) is 36.7 Å². The van der Waals surface area contributed by atoms with Crippen molar-refractivity contribution in [1.82, 2.24) is 4.98 Å². The molecule has 0 radical (unpaired) electrons. The molecule has 0 spiro atoms. The van der Waals surface area contributed by atoms with Gasteiger partial charge in [-0.05, 0) is 53.8 Å². The highest BCUT2D eigenvalue weighted by Crippen LogP contribution is 2.51. The molecule has 2 aromatic rings. The Labute approximate surface area is 112 Å². The van der Waals surface area contributed by atoms with Crippen LogP contribution in [0.25, 0.3) is 16.3 Å². The summed E-state index contributed by atoms with van der Waals surface area (Å²) in [5, 5.41) is 11.5. The van der Waals surface area contributed by atoms with Crippen LogP contribution in [0.1, 0.15) is 24.8 Å². The average molecular weight is 246 g/mol. The highest BCUT2D eigenvalue weighted by molar-refractivity contribution is 5.86. The molecule has 92 valence electrons. The third-order valence-corrected chi connectivity index (χ3v) is 4.59. The van der Waals surface area contributed by atoms with Crippen LogP contribution in [0.2, 0.25) is 0 Å². The summed E-state index contributed by atoms with van der Waals surface area (Å²) < 4.78 is 0. The van der Waals surface area contributed by atoms with Crippen LogP contribution in [-0.2, 0) is 0 Å². The van der Waals surface area contributed by atoms with Gasteiger partial charge in [-0.3, -0.25) is 4.98 Å². The fourth-order valence-corrected chi connectivity index (χ4v) is 3.59. The lowest BCUT2D eigenvalue weighted by Gasteiger charge is -2.16. The highest BCUT2D eigenvalue weighted by atomic mass is 14.6. The van der Waals surface area contributed by atoms with Crippen molar-refractivity contribution in [3.8, 4) is 6.07 Å². The molecule has 1 fully saturated rings. The van der Waals surface area contributed by atoms with Gasteiger partial charge in [-0.2, -0.15) is 5.26 Å². The lowest BCUT2D eigenvalue weighted by molar-refractivity contribution is 0.482. The highest BCUT2D eigenvalue weighted by Gasteiger charge is 2.38. The van der Waals surface area contributed by atoms with E-state index in [9.17, 15) is 0 Å². The van der Waals surface area contributed by atoms with Gasteiger partial charge < -0.3 is 0 Å². The van der Waals surface area contributed by atoms with Crippen molar-refractivity contribution >= 4 is 16.3 Å². The first-order valence-electron chi connectivity index (χ1n) is 6.80. The smallest absolute Gasteiger partial charge is 0.0662 e. The van der Waals surface area contributed by atoms with E-state index in [0.29, 0.717) is 5.92 Å². The number of rotatable bonds is 1. The zero-order valence-corrected chi connectivity index (χ0v) is 10.6. The lowest BCUT2D eigenvalue weighted by atomic mass is 9.86. The Balaban J connectivity index is 1.79. The number of allylic oxidation sites excluding steroid dienone is 2. The molecule has 2 heteroatoms. The monoisotopic (exact) mass is 246 g/mol. The molecule has 2 nitrogen and oxygen atoms in total. The minimum Gasteiger partial charge on any atom is -0.264 e. The number of nitriles is 1. The number of aromatic nitrogens is 1. The summed E-state index contributed by atoms with van der Waals surface area (Å²) in [4.78, 5) is 4.19. The van der Waals surface area contributed by atoms with E-state index in [-0.39, 0.29) is 5.92 Å². The van der Waals surface area contributed by atoms with Gasteiger partial charge in [0.25, 0.3) is 0 Å². The third-order valence-electron chi connectivity index (χ3n) is 4.59. The summed E-state index contributed by atoms with van der Waals surface area (Å²) in [5.41, 5.74) is 4.33. The molecular formula is C17H14N2. The van der Waals surface area contributed by atoms with Gasteiger partial charge in [0.1, 0.15) is 0 Å². The molecule has 0 amide bonds. The Bertz CT molecular complexity index is 736. The first-order chi connectivity index (χ1) is 9.35. The lowest BCUT2D eigenvalue weighted by Crippen LogP contribution is -2.07. The summed E-state index contributed by atoms with van der Waals surface area (Å²) >= 11 is 0. The van der Waals surface area contributed by atoms with Gasteiger partial charge in [-0.25, -0.2) is 0 Å². The molecule has 1 aromatic heterocycles. The number of hydrogen-bond donors (Lipinski definition) is 0. The number of benzene rings is 1. The molecule has 1 heterocycles. The second-order valence-corrected chi connectivity index (χ2v) is 5.63. The van der Waals surface area contributed by atoms with Crippen LogP contribution in [0.5, 0.6) is 0 Å². The SMILES string of the molecule is N#C[C@@H]1CC2=C(c3ccc4ccncc4c3)C[C@@H]1C2. The number of pyridine rings is 1. The first-order valence-corrected chi connectivity index (χ1v) is 6.80. The molecule has 0 aliphatic heterocycles. The number of hydrogen-bond acceptors (Lipinski definition) is 2. The van der Waals surface area contributed by atoms with E-state index in [2.05, 4.69) is 29.3 Å². The van der Waals surface area contributed by atoms with Crippen molar-refractivity contribution in [1.29, 1.82) is 5.26 Å². The van der Waals surface area contributed by atoms with E-state index in [1.165, 1.54) is 27.5 Å². The Morgan fingerprint density at radius 2 is 2.05 bits per heavy atom. The quantitative estimate of drug-likeness (QED) is 0.764. The summed E-state index contributed by atoms with van der Waals surface area (Å²) in [6, 6.07) is 11.1. The average Bonchev–Trinajstić information content (AvgIpc) is 3.06. The molecule has 4 rings (SSSR count). The minimum absolute atomic E-state index is 0.265. The Morgan fingerprint density at radius 1 is 1.11 bits per heavy atom. The molecule has 1 saturated carbocycles. The number of fused-ring (bicyclic) bond motifs is 3. The molecule has 2 aliphatic rings. The second kappa shape index (κ2) is 3.93. The normalized spacial score (nSPS) is 25.0. The molecule has 2 atom stereocenters. The Hall–Kier alpha value is -2.14. The molecular weight excluding hydrogens is 232 g/mol. The van der Waals surface area contributed by atoms with Gasteiger partial charge in [0.2, 0.25) is 0 Å². The molecule has 0 N–H and O–H groups in total. The van der Waals surface area contributed by atoms with E-state index in [1.54, 1.807) is 0 Å². The van der Waals surface area contributed by atoms with Gasteiger partial charge in [-0.15, -0.1) is 0 Å². The molecule has 2 bridgehead atoms. The van der Waals surface area contributed by atoms with E-state index in [4.69, 9.17) is 5.26 Å². The summed E-state index contributed by atoms with van der Waals surface area (Å²) in [6.45, 7) is 0. The maximum absolute atomic E-state index is 9.11. The van der Waals surface area contributed by atoms with E-state index >= 15 is 0 Å². The van der Waals surface area contributed by atoms with Crippen LogP contribution in [0, 0.1) is 23.2 Å². The van der Waals surface area contributed by atoms with Crippen molar-refractivity contribution in [3.63, 3.8) is 0 Å². The van der Waals surface area contributed by atoms with E-state index < -0.39 is 0 Å². The predicted octanol–water partition coefficient (Wildman–Crippen LogP) is 3.94. The van der Waals surface area contributed by atoms with Crippen LogP contribution >= 0.6 is 0 Å². The summed E-state index contributed by atoms with van der Waals surface area (Å²) in [6.07, 6.45) is 6.97. The van der Waals surface area contributed by atoms with Crippen LogP contribution in [-0.4, -0.2) is 4.98 Å². The van der Waals surface area contributed by atoms with Crippen LogP contribution < -0.4 is 0 Å². The van der Waals surface area contributed by atoms with Crippen molar-refractivity contribution in [2.45, 2.75) is 19.3 Å². The van der Waals surface area contributed by atoms with Crippen molar-refractivity contribution in [3.05, 3.63) is 47.8 Å². The largest absolute Gasteiger partial charge is 0.264 e. The van der Waals surface area contributed by atoms with Gasteiger partial charge in [-0.1, -0.05) is 17.7 Å². The molecule has 19 heavy (non-hydrogen) atoms. The van der Waals surface area contributed by atoms with Crippen LogP contribution in [0.15, 0.2) is 42.2 Å². The van der Waals surface area contributed by atoms with E-state index in [1.807, 2.05) is 18.5 Å². The van der Waals surface area contributed by atoms with E-state index in [0.717, 1.165) is 19.3 Å². The number of nitrogens with zero attached hydrogens (tertiary/aromatic N) is 2. The van der Waals surface area contributed by atoms with Crippen LogP contribution in [0.3, 0.4) is 0 Å². The maximum Gasteiger partial charge on any atom is 0.0662 e. The summed E-state index contributed by atoms with van der Waals surface area (Å²) in [5.74, 6) is 0.834. The zero-order valence-electron chi connectivity index (χ0n) is 10.6. The minimum atomic E-state index is 0.265. The van der Waals surface area contributed by atoms with Crippen LogP contribution in [0.4, 0.5) is 0 Å². The van der Waals surface area contributed by atoms with Crippen molar-refractivity contribution < 1.29 is 0 Å². The molecule has 2 aliphatic carbocycles. The Kier molecular flexibility index (Phi) is 2.22. The Morgan fingerprint density at radius 3 is 2.84 bits per heavy atom. The maximum atomic E-state index is 9.11. The van der Waals surface area contributed by atoms with Crippen molar-refractivity contribution in [2.75, 3.05) is 0 Å². The van der Waals surface area contributed by atoms with Gasteiger partial charge in [0, 0.05) is 17.8 Å². The predicted molar refractivity (Wildman–Crippen MR) is 75.1 cm³/mol.